The van der Waals surface area contributed by atoms with Gasteiger partial charge in [-0.3, -0.25) is 0 Å². The highest BCUT2D eigenvalue weighted by atomic mass is 32.2. The van der Waals surface area contributed by atoms with E-state index in [1.165, 1.54) is 12.1 Å². The van der Waals surface area contributed by atoms with Gasteiger partial charge < -0.3 is 11.1 Å². The van der Waals surface area contributed by atoms with E-state index < -0.39 is 16.1 Å². The summed E-state index contributed by atoms with van der Waals surface area (Å²) in [5.41, 5.74) is 6.43. The van der Waals surface area contributed by atoms with Crippen molar-refractivity contribution < 1.29 is 13.2 Å². The van der Waals surface area contributed by atoms with Crippen LogP contribution in [0.2, 0.25) is 0 Å². The quantitative estimate of drug-likeness (QED) is 0.760. The van der Waals surface area contributed by atoms with Crippen LogP contribution >= 0.6 is 0 Å². The Morgan fingerprint density at radius 1 is 1.17 bits per heavy atom. The number of carbonyl (C=O) groups excluding carboxylic acids is 1. The van der Waals surface area contributed by atoms with Gasteiger partial charge in [0.05, 0.1) is 4.90 Å². The van der Waals surface area contributed by atoms with E-state index in [-0.39, 0.29) is 10.9 Å². The molecule has 0 radical (unpaired) electrons. The summed E-state index contributed by atoms with van der Waals surface area (Å²) in [6.07, 6.45) is 4.58. The minimum absolute atomic E-state index is 0.0494. The van der Waals surface area contributed by atoms with Crippen molar-refractivity contribution in [3.8, 4) is 0 Å². The maximum Gasteiger partial charge on any atom is 0.328 e. The molecule has 0 aliphatic heterocycles. The smallest absolute Gasteiger partial charge is 0.328 e. The SMILES string of the molecule is C[C@H]1CC[C@H](NC(=O)NS(=O)(=O)c2ccc(CCN)cc2)CC1. The molecule has 4 N–H and O–H groups in total. The van der Waals surface area contributed by atoms with E-state index in [9.17, 15) is 13.2 Å². The number of nitrogens with one attached hydrogen (secondary N) is 2. The van der Waals surface area contributed by atoms with Crippen molar-refractivity contribution in [2.45, 2.75) is 50.0 Å². The number of benzene rings is 1. The summed E-state index contributed by atoms with van der Waals surface area (Å²) >= 11 is 0. The minimum atomic E-state index is -3.85. The molecule has 0 unspecified atom stereocenters. The number of hydrogen-bond donors (Lipinski definition) is 3. The van der Waals surface area contributed by atoms with Crippen LogP contribution in [0.3, 0.4) is 0 Å². The molecule has 1 aromatic carbocycles. The summed E-state index contributed by atoms with van der Waals surface area (Å²) in [5, 5.41) is 2.75. The van der Waals surface area contributed by atoms with Crippen molar-refractivity contribution in [1.82, 2.24) is 10.0 Å². The molecule has 128 valence electrons. The lowest BCUT2D eigenvalue weighted by Crippen LogP contribution is -2.45. The Balaban J connectivity index is 1.93. The van der Waals surface area contributed by atoms with Gasteiger partial charge in [0.15, 0.2) is 0 Å². The second-order valence-corrected chi connectivity index (χ2v) is 7.90. The van der Waals surface area contributed by atoms with Crippen molar-refractivity contribution in [3.05, 3.63) is 29.8 Å². The van der Waals surface area contributed by atoms with Gasteiger partial charge in [-0.1, -0.05) is 19.1 Å². The zero-order valence-corrected chi connectivity index (χ0v) is 14.2. The standard InChI is InChI=1S/C16H25N3O3S/c1-12-2-6-14(7-3-12)18-16(20)19-23(21,22)15-8-4-13(5-9-15)10-11-17/h4-5,8-9,12,14H,2-3,6-7,10-11,17H2,1H3,(H2,18,19,20)/t12-,14-. The third-order valence-corrected chi connectivity index (χ3v) is 5.59. The van der Waals surface area contributed by atoms with Crippen molar-refractivity contribution in [3.63, 3.8) is 0 Å². The predicted molar refractivity (Wildman–Crippen MR) is 89.5 cm³/mol. The van der Waals surface area contributed by atoms with Crippen LogP contribution in [-0.2, 0) is 16.4 Å². The number of nitrogens with two attached hydrogens (primary N) is 1. The molecule has 23 heavy (non-hydrogen) atoms. The van der Waals surface area contributed by atoms with Crippen LogP contribution in [0.1, 0.15) is 38.2 Å². The first-order chi connectivity index (χ1) is 10.9. The number of amides is 2. The number of hydrogen-bond acceptors (Lipinski definition) is 4. The van der Waals surface area contributed by atoms with E-state index in [0.29, 0.717) is 18.9 Å². The van der Waals surface area contributed by atoms with Gasteiger partial charge in [-0.2, -0.15) is 0 Å². The van der Waals surface area contributed by atoms with Gasteiger partial charge in [0, 0.05) is 6.04 Å². The normalized spacial score (nSPS) is 21.7. The molecule has 0 bridgehead atoms. The molecule has 0 spiro atoms. The number of carbonyl (C=O) groups is 1. The van der Waals surface area contributed by atoms with Crippen LogP contribution in [-0.4, -0.2) is 27.0 Å². The predicted octanol–water partition coefficient (Wildman–Crippen LogP) is 1.75. The van der Waals surface area contributed by atoms with Gasteiger partial charge >= 0.3 is 6.03 Å². The Morgan fingerprint density at radius 3 is 2.35 bits per heavy atom. The molecule has 7 heteroatoms. The number of rotatable bonds is 5. The number of urea groups is 1. The van der Waals surface area contributed by atoms with Crippen LogP contribution in [0, 0.1) is 5.92 Å². The third-order valence-electron chi connectivity index (χ3n) is 4.24. The molecular weight excluding hydrogens is 314 g/mol. The Labute approximate surface area is 137 Å². The second kappa shape index (κ2) is 7.79. The Kier molecular flexibility index (Phi) is 6.01. The fourth-order valence-corrected chi connectivity index (χ4v) is 3.72. The zero-order valence-electron chi connectivity index (χ0n) is 13.4. The molecule has 1 fully saturated rings. The van der Waals surface area contributed by atoms with Crippen LogP contribution in [0.15, 0.2) is 29.2 Å². The molecule has 0 atom stereocenters. The van der Waals surface area contributed by atoms with Crippen LogP contribution < -0.4 is 15.8 Å². The van der Waals surface area contributed by atoms with E-state index in [1.54, 1.807) is 12.1 Å². The topological polar surface area (TPSA) is 101 Å². The van der Waals surface area contributed by atoms with E-state index >= 15 is 0 Å². The Hall–Kier alpha value is -1.60. The molecule has 1 saturated carbocycles. The summed E-state index contributed by atoms with van der Waals surface area (Å²) in [7, 11) is -3.85. The van der Waals surface area contributed by atoms with E-state index in [1.807, 2.05) is 0 Å². The average Bonchev–Trinajstić information content (AvgIpc) is 2.50. The molecule has 2 rings (SSSR count). The Morgan fingerprint density at radius 2 is 1.78 bits per heavy atom. The lowest BCUT2D eigenvalue weighted by Gasteiger charge is -2.26. The van der Waals surface area contributed by atoms with E-state index in [4.69, 9.17) is 5.73 Å². The Bertz CT molecular complexity index is 620. The molecule has 6 nitrogen and oxygen atoms in total. The first-order valence-corrected chi connectivity index (χ1v) is 9.51. The fourth-order valence-electron chi connectivity index (χ4n) is 2.80. The van der Waals surface area contributed by atoms with Gasteiger partial charge in [0.1, 0.15) is 0 Å². The van der Waals surface area contributed by atoms with E-state index in [2.05, 4.69) is 17.0 Å². The van der Waals surface area contributed by atoms with Gasteiger partial charge in [0.25, 0.3) is 10.0 Å². The van der Waals surface area contributed by atoms with Gasteiger partial charge in [-0.25, -0.2) is 17.9 Å². The van der Waals surface area contributed by atoms with Gasteiger partial charge in [-0.15, -0.1) is 0 Å². The fraction of sp³-hybridized carbons (Fsp3) is 0.562. The van der Waals surface area contributed by atoms with Crippen molar-refractivity contribution in [1.29, 1.82) is 0 Å². The molecule has 0 aromatic heterocycles. The third kappa shape index (κ3) is 5.21. The van der Waals surface area contributed by atoms with E-state index in [0.717, 1.165) is 31.2 Å². The molecule has 2 amide bonds. The van der Waals surface area contributed by atoms with Crippen molar-refractivity contribution >= 4 is 16.1 Å². The van der Waals surface area contributed by atoms with Crippen molar-refractivity contribution in [2.24, 2.45) is 11.7 Å². The monoisotopic (exact) mass is 339 g/mol. The summed E-state index contributed by atoms with van der Waals surface area (Å²) in [6, 6.07) is 5.79. The summed E-state index contributed by atoms with van der Waals surface area (Å²) in [4.78, 5) is 12.0. The highest BCUT2D eigenvalue weighted by molar-refractivity contribution is 7.90. The second-order valence-electron chi connectivity index (χ2n) is 6.22. The van der Waals surface area contributed by atoms with Crippen LogP contribution in [0.4, 0.5) is 4.79 Å². The largest absolute Gasteiger partial charge is 0.335 e. The molecule has 1 aliphatic carbocycles. The molecular formula is C16H25N3O3S. The summed E-state index contributed by atoms with van der Waals surface area (Å²) in [6.45, 7) is 2.70. The van der Waals surface area contributed by atoms with Gasteiger partial charge in [0.2, 0.25) is 0 Å². The maximum atomic E-state index is 12.2. The molecule has 0 saturated heterocycles. The zero-order chi connectivity index (χ0) is 16.9. The van der Waals surface area contributed by atoms with Crippen LogP contribution in [0.25, 0.3) is 0 Å². The first kappa shape index (κ1) is 17.7. The molecule has 1 aromatic rings. The average molecular weight is 339 g/mol. The molecule has 1 aliphatic rings. The lowest BCUT2D eigenvalue weighted by atomic mass is 9.87. The highest BCUT2D eigenvalue weighted by Crippen LogP contribution is 2.23. The summed E-state index contributed by atoms with van der Waals surface area (Å²) in [5.74, 6) is 0.673. The first-order valence-electron chi connectivity index (χ1n) is 8.03. The van der Waals surface area contributed by atoms with Gasteiger partial charge in [-0.05, 0) is 62.3 Å². The van der Waals surface area contributed by atoms with Crippen molar-refractivity contribution in [2.75, 3.05) is 6.54 Å². The van der Waals surface area contributed by atoms with Crippen LogP contribution in [0.5, 0.6) is 0 Å². The summed E-state index contributed by atoms with van der Waals surface area (Å²) < 4.78 is 26.5. The maximum absolute atomic E-state index is 12.2. The molecule has 0 heterocycles. The number of sulfonamides is 1. The highest BCUT2D eigenvalue weighted by Gasteiger charge is 2.22. The lowest BCUT2D eigenvalue weighted by molar-refractivity contribution is 0.233. The minimum Gasteiger partial charge on any atom is -0.335 e.